The molecule has 1 aromatic carbocycles. The maximum absolute atomic E-state index is 6.21. The van der Waals surface area contributed by atoms with Gasteiger partial charge in [-0.2, -0.15) is 4.52 Å². The highest BCUT2D eigenvalue weighted by molar-refractivity contribution is 8.00. The Bertz CT molecular complexity index is 841. The van der Waals surface area contributed by atoms with E-state index in [-0.39, 0.29) is 6.04 Å². The standard InChI is InChI=1S/C14H13Cl2N5S2/c15-9-4-3-8(10(16)6-9)7-22-14-20-21-12(11-2-1-5-17-11)18-19-13(21)23-14/h3-4,6,11,17H,1-2,5,7H2. The van der Waals surface area contributed by atoms with Crippen LogP contribution in [0.3, 0.4) is 0 Å². The van der Waals surface area contributed by atoms with Crippen LogP contribution in [-0.4, -0.2) is 26.4 Å². The molecule has 1 atom stereocenters. The average molecular weight is 386 g/mol. The van der Waals surface area contributed by atoms with Gasteiger partial charge in [0.05, 0.1) is 6.04 Å². The normalized spacial score (nSPS) is 18.1. The fourth-order valence-corrected chi connectivity index (χ4v) is 5.02. The predicted octanol–water partition coefficient (Wildman–Crippen LogP) is 4.21. The average Bonchev–Trinajstić information content (AvgIpc) is 3.22. The molecule has 3 heterocycles. The van der Waals surface area contributed by atoms with Crippen molar-refractivity contribution in [3.8, 4) is 0 Å². The number of nitrogens with zero attached hydrogens (tertiary/aromatic N) is 4. The van der Waals surface area contributed by atoms with Gasteiger partial charge in [0.2, 0.25) is 4.96 Å². The second kappa shape index (κ2) is 6.57. The first kappa shape index (κ1) is 15.7. The molecule has 0 saturated carbocycles. The van der Waals surface area contributed by atoms with Crippen LogP contribution in [0.15, 0.2) is 22.5 Å². The van der Waals surface area contributed by atoms with Crippen LogP contribution in [0, 0.1) is 0 Å². The highest BCUT2D eigenvalue weighted by atomic mass is 35.5. The van der Waals surface area contributed by atoms with Crippen molar-refractivity contribution in [3.05, 3.63) is 39.6 Å². The van der Waals surface area contributed by atoms with Crippen LogP contribution in [0.4, 0.5) is 0 Å². The zero-order valence-electron chi connectivity index (χ0n) is 12.0. The maximum atomic E-state index is 6.21. The quantitative estimate of drug-likeness (QED) is 0.681. The summed E-state index contributed by atoms with van der Waals surface area (Å²) in [5.41, 5.74) is 1.05. The summed E-state index contributed by atoms with van der Waals surface area (Å²) in [6, 6.07) is 5.83. The SMILES string of the molecule is Clc1ccc(CSc2nn3c(C4CCCN4)nnc3s2)c(Cl)c1. The number of rotatable bonds is 4. The maximum Gasteiger partial charge on any atom is 0.235 e. The van der Waals surface area contributed by atoms with E-state index in [4.69, 9.17) is 23.2 Å². The third-order valence-electron chi connectivity index (χ3n) is 3.73. The molecule has 0 bridgehead atoms. The van der Waals surface area contributed by atoms with Gasteiger partial charge in [-0.15, -0.1) is 15.3 Å². The first-order valence-electron chi connectivity index (χ1n) is 7.23. The number of hydrogen-bond donors (Lipinski definition) is 1. The zero-order chi connectivity index (χ0) is 15.8. The molecule has 4 rings (SSSR count). The van der Waals surface area contributed by atoms with Gasteiger partial charge in [-0.1, -0.05) is 52.4 Å². The van der Waals surface area contributed by atoms with Gasteiger partial charge in [-0.05, 0) is 37.1 Å². The lowest BCUT2D eigenvalue weighted by Crippen LogP contribution is -2.16. The summed E-state index contributed by atoms with van der Waals surface area (Å²) >= 11 is 15.3. The van der Waals surface area contributed by atoms with E-state index < -0.39 is 0 Å². The number of hydrogen-bond acceptors (Lipinski definition) is 6. The molecule has 1 fully saturated rings. The van der Waals surface area contributed by atoms with Crippen LogP contribution in [0.1, 0.15) is 30.3 Å². The fraction of sp³-hybridized carbons (Fsp3) is 0.357. The summed E-state index contributed by atoms with van der Waals surface area (Å²) < 4.78 is 2.82. The Morgan fingerprint density at radius 1 is 1.35 bits per heavy atom. The minimum absolute atomic E-state index is 0.260. The number of fused-ring (bicyclic) bond motifs is 1. The molecule has 3 aromatic rings. The number of nitrogens with one attached hydrogen (secondary N) is 1. The van der Waals surface area contributed by atoms with Crippen LogP contribution in [0.5, 0.6) is 0 Å². The highest BCUT2D eigenvalue weighted by Gasteiger charge is 2.23. The monoisotopic (exact) mass is 385 g/mol. The van der Waals surface area contributed by atoms with E-state index in [2.05, 4.69) is 20.6 Å². The first-order valence-corrected chi connectivity index (χ1v) is 9.79. The second-order valence-corrected chi connectivity index (χ2v) is 8.32. The summed E-state index contributed by atoms with van der Waals surface area (Å²) in [5.74, 6) is 1.65. The zero-order valence-corrected chi connectivity index (χ0v) is 15.1. The van der Waals surface area contributed by atoms with Crippen molar-refractivity contribution in [1.29, 1.82) is 0 Å². The lowest BCUT2D eigenvalue weighted by molar-refractivity contribution is 0.582. The molecule has 1 saturated heterocycles. The molecule has 0 amide bonds. The van der Waals surface area contributed by atoms with Gasteiger partial charge in [0.1, 0.15) is 0 Å². The number of thioether (sulfide) groups is 1. The van der Waals surface area contributed by atoms with E-state index in [1.165, 1.54) is 6.42 Å². The molecule has 1 aliphatic rings. The van der Waals surface area contributed by atoms with E-state index in [9.17, 15) is 0 Å². The van der Waals surface area contributed by atoms with Crippen molar-refractivity contribution in [1.82, 2.24) is 25.1 Å². The van der Waals surface area contributed by atoms with Gasteiger partial charge in [-0.3, -0.25) is 0 Å². The first-order chi connectivity index (χ1) is 11.2. The number of halogens is 2. The van der Waals surface area contributed by atoms with E-state index in [0.29, 0.717) is 10.0 Å². The minimum atomic E-state index is 0.260. The van der Waals surface area contributed by atoms with Crippen molar-refractivity contribution in [2.24, 2.45) is 0 Å². The Hall–Kier alpha value is -0.860. The second-order valence-electron chi connectivity index (χ2n) is 5.29. The Labute approximate surface area is 151 Å². The Balaban J connectivity index is 1.53. The smallest absolute Gasteiger partial charge is 0.235 e. The minimum Gasteiger partial charge on any atom is -0.307 e. The molecule has 1 aliphatic heterocycles. The number of benzene rings is 1. The summed E-state index contributed by atoms with van der Waals surface area (Å²) in [5, 5.41) is 17.9. The lowest BCUT2D eigenvalue weighted by Gasteiger charge is -2.05. The van der Waals surface area contributed by atoms with Crippen molar-refractivity contribution in [2.45, 2.75) is 29.0 Å². The van der Waals surface area contributed by atoms with Gasteiger partial charge in [0.15, 0.2) is 10.2 Å². The van der Waals surface area contributed by atoms with E-state index in [1.54, 1.807) is 29.2 Å². The topological polar surface area (TPSA) is 55.1 Å². The van der Waals surface area contributed by atoms with Crippen LogP contribution in [0.25, 0.3) is 4.96 Å². The van der Waals surface area contributed by atoms with Crippen molar-refractivity contribution >= 4 is 51.3 Å². The molecule has 0 aliphatic carbocycles. The molecule has 5 nitrogen and oxygen atoms in total. The fourth-order valence-electron chi connectivity index (χ4n) is 2.57. The molecule has 1 N–H and O–H groups in total. The molecule has 23 heavy (non-hydrogen) atoms. The van der Waals surface area contributed by atoms with Crippen LogP contribution in [-0.2, 0) is 5.75 Å². The molecule has 1 unspecified atom stereocenters. The molecule has 120 valence electrons. The van der Waals surface area contributed by atoms with Gasteiger partial charge < -0.3 is 5.32 Å². The Morgan fingerprint density at radius 2 is 2.26 bits per heavy atom. The van der Waals surface area contributed by atoms with Gasteiger partial charge >= 0.3 is 0 Å². The summed E-state index contributed by atoms with van der Waals surface area (Å²) in [4.78, 5) is 0.832. The van der Waals surface area contributed by atoms with E-state index in [0.717, 1.165) is 39.4 Å². The van der Waals surface area contributed by atoms with Crippen LogP contribution < -0.4 is 5.32 Å². The third-order valence-corrected chi connectivity index (χ3v) is 6.40. The predicted molar refractivity (Wildman–Crippen MR) is 94.7 cm³/mol. The summed E-state index contributed by atoms with van der Waals surface area (Å²) in [7, 11) is 0. The van der Waals surface area contributed by atoms with Gasteiger partial charge in [0.25, 0.3) is 0 Å². The molecule has 9 heteroatoms. The Morgan fingerprint density at radius 3 is 3.04 bits per heavy atom. The van der Waals surface area contributed by atoms with Crippen molar-refractivity contribution in [2.75, 3.05) is 6.54 Å². The third kappa shape index (κ3) is 3.21. The van der Waals surface area contributed by atoms with Crippen molar-refractivity contribution in [3.63, 3.8) is 0 Å². The highest BCUT2D eigenvalue weighted by Crippen LogP contribution is 2.32. The van der Waals surface area contributed by atoms with Crippen molar-refractivity contribution < 1.29 is 0 Å². The molecule has 0 spiro atoms. The Kier molecular flexibility index (Phi) is 4.47. The van der Waals surface area contributed by atoms with Crippen LogP contribution in [0.2, 0.25) is 10.0 Å². The molecular formula is C14H13Cl2N5S2. The molecular weight excluding hydrogens is 373 g/mol. The van der Waals surface area contributed by atoms with Crippen LogP contribution >= 0.6 is 46.3 Å². The molecule has 2 aromatic heterocycles. The van der Waals surface area contributed by atoms with Gasteiger partial charge in [-0.25, -0.2) is 0 Å². The summed E-state index contributed by atoms with van der Waals surface area (Å²) in [6.07, 6.45) is 2.25. The largest absolute Gasteiger partial charge is 0.307 e. The van der Waals surface area contributed by atoms with E-state index >= 15 is 0 Å². The lowest BCUT2D eigenvalue weighted by atomic mass is 10.2. The number of aromatic nitrogens is 4. The summed E-state index contributed by atoms with van der Waals surface area (Å²) in [6.45, 7) is 1.03. The molecule has 0 radical (unpaired) electrons. The van der Waals surface area contributed by atoms with Gasteiger partial charge in [0, 0.05) is 15.8 Å². The van der Waals surface area contributed by atoms with E-state index in [1.807, 2.05) is 16.6 Å².